The number of nitrogens with two attached hydrogens (primary N) is 1. The van der Waals surface area contributed by atoms with Gasteiger partial charge in [0.25, 0.3) is 0 Å². The lowest BCUT2D eigenvalue weighted by atomic mass is 9.98. The van der Waals surface area contributed by atoms with Crippen molar-refractivity contribution in [2.75, 3.05) is 32.0 Å². The van der Waals surface area contributed by atoms with Gasteiger partial charge in [-0.3, -0.25) is 0 Å². The molecule has 0 spiro atoms. The number of piperidine rings is 1. The number of hydrogen-bond donors (Lipinski definition) is 2. The first-order chi connectivity index (χ1) is 8.65. The molecule has 4 nitrogen and oxygen atoms in total. The molecule has 5 heteroatoms. The van der Waals surface area contributed by atoms with Gasteiger partial charge in [0.05, 0.1) is 5.69 Å². The van der Waals surface area contributed by atoms with E-state index in [2.05, 4.69) is 22.2 Å². The zero-order valence-corrected chi connectivity index (χ0v) is 11.5. The molecule has 2 rings (SSSR count). The summed E-state index contributed by atoms with van der Waals surface area (Å²) in [5.41, 5.74) is 6.25. The summed E-state index contributed by atoms with van der Waals surface area (Å²) < 4.78 is 0. The Morgan fingerprint density at radius 2 is 2.44 bits per heavy atom. The van der Waals surface area contributed by atoms with Gasteiger partial charge >= 0.3 is 0 Å². The fraction of sp³-hybridized carbons (Fsp3) is 0.538. The molecule has 1 aliphatic rings. The van der Waals surface area contributed by atoms with Gasteiger partial charge in [0.15, 0.2) is 0 Å². The van der Waals surface area contributed by atoms with E-state index in [-0.39, 0.29) is 0 Å². The zero-order chi connectivity index (χ0) is 13.0. The molecule has 1 aromatic heterocycles. The monoisotopic (exact) mass is 264 g/mol. The van der Waals surface area contributed by atoms with E-state index >= 15 is 0 Å². The molecular weight excluding hydrogens is 244 g/mol. The van der Waals surface area contributed by atoms with Gasteiger partial charge < -0.3 is 16.0 Å². The van der Waals surface area contributed by atoms with Crippen LogP contribution in [0.25, 0.3) is 0 Å². The van der Waals surface area contributed by atoms with E-state index in [1.807, 2.05) is 18.2 Å². The van der Waals surface area contributed by atoms with Crippen molar-refractivity contribution in [1.82, 2.24) is 9.88 Å². The van der Waals surface area contributed by atoms with Gasteiger partial charge in [-0.05, 0) is 44.5 Å². The van der Waals surface area contributed by atoms with Crippen molar-refractivity contribution in [3.8, 4) is 0 Å². The molecule has 0 radical (unpaired) electrons. The van der Waals surface area contributed by atoms with E-state index in [0.717, 1.165) is 18.9 Å². The Morgan fingerprint density at radius 1 is 1.61 bits per heavy atom. The quantitative estimate of drug-likeness (QED) is 0.807. The molecule has 0 saturated carbocycles. The lowest BCUT2D eigenvalue weighted by Crippen LogP contribution is -2.35. The lowest BCUT2D eigenvalue weighted by Gasteiger charge is -2.29. The van der Waals surface area contributed by atoms with Crippen molar-refractivity contribution in [2.24, 2.45) is 11.7 Å². The van der Waals surface area contributed by atoms with Crippen LogP contribution in [0.15, 0.2) is 18.2 Å². The van der Waals surface area contributed by atoms with Gasteiger partial charge in [-0.2, -0.15) is 0 Å². The van der Waals surface area contributed by atoms with Crippen LogP contribution >= 0.6 is 12.2 Å². The minimum atomic E-state index is 0.344. The highest BCUT2D eigenvalue weighted by molar-refractivity contribution is 7.80. The molecule has 1 aliphatic heterocycles. The highest BCUT2D eigenvalue weighted by Gasteiger charge is 2.16. The Morgan fingerprint density at radius 3 is 3.17 bits per heavy atom. The topological polar surface area (TPSA) is 54.2 Å². The third kappa shape index (κ3) is 3.65. The van der Waals surface area contributed by atoms with Crippen LogP contribution in [0.1, 0.15) is 18.5 Å². The van der Waals surface area contributed by atoms with Gasteiger partial charge in [0.1, 0.15) is 10.8 Å². The summed E-state index contributed by atoms with van der Waals surface area (Å²) in [6, 6.07) is 5.72. The fourth-order valence-corrected chi connectivity index (χ4v) is 2.47. The van der Waals surface area contributed by atoms with Crippen molar-refractivity contribution < 1.29 is 0 Å². The van der Waals surface area contributed by atoms with Crippen LogP contribution in [-0.4, -0.2) is 41.6 Å². The summed E-state index contributed by atoms with van der Waals surface area (Å²) in [7, 11) is 2.18. The van der Waals surface area contributed by atoms with E-state index in [9.17, 15) is 0 Å². The third-order valence-electron chi connectivity index (χ3n) is 3.30. The van der Waals surface area contributed by atoms with Gasteiger partial charge in [0, 0.05) is 13.1 Å². The lowest BCUT2D eigenvalue weighted by molar-refractivity contribution is 0.217. The largest absolute Gasteiger partial charge is 0.388 e. The molecule has 98 valence electrons. The molecule has 1 aromatic rings. The predicted molar refractivity (Wildman–Crippen MR) is 78.8 cm³/mol. The number of likely N-dealkylation sites (tertiary alicyclic amines) is 1. The second kappa shape index (κ2) is 6.11. The molecule has 0 aliphatic carbocycles. The van der Waals surface area contributed by atoms with Crippen molar-refractivity contribution >= 4 is 23.0 Å². The van der Waals surface area contributed by atoms with Gasteiger partial charge in [-0.15, -0.1) is 0 Å². The van der Waals surface area contributed by atoms with E-state index in [1.54, 1.807) is 0 Å². The molecule has 0 amide bonds. The van der Waals surface area contributed by atoms with Gasteiger partial charge in [-0.1, -0.05) is 18.3 Å². The van der Waals surface area contributed by atoms with Gasteiger partial charge in [0.2, 0.25) is 0 Å². The number of anilines is 1. The average molecular weight is 264 g/mol. The van der Waals surface area contributed by atoms with Crippen LogP contribution in [-0.2, 0) is 0 Å². The van der Waals surface area contributed by atoms with E-state index in [0.29, 0.717) is 16.6 Å². The maximum absolute atomic E-state index is 5.57. The predicted octanol–water partition coefficient (Wildman–Crippen LogP) is 1.47. The second-order valence-corrected chi connectivity index (χ2v) is 5.36. The van der Waals surface area contributed by atoms with Crippen molar-refractivity contribution in [3.63, 3.8) is 0 Å². The van der Waals surface area contributed by atoms with Crippen LogP contribution < -0.4 is 11.1 Å². The van der Waals surface area contributed by atoms with Crippen molar-refractivity contribution in [3.05, 3.63) is 23.9 Å². The summed E-state index contributed by atoms with van der Waals surface area (Å²) in [6.07, 6.45) is 2.57. The molecule has 0 bridgehead atoms. The standard InChI is InChI=1S/C13H20N4S/c1-17-7-3-4-10(9-17)8-15-12-6-2-5-11(16-12)13(14)18/h2,5-6,10H,3-4,7-9H2,1H3,(H2,14,18)(H,15,16). The van der Waals surface area contributed by atoms with Crippen LogP contribution in [0, 0.1) is 5.92 Å². The smallest absolute Gasteiger partial charge is 0.126 e. The van der Waals surface area contributed by atoms with Crippen LogP contribution in [0.5, 0.6) is 0 Å². The number of nitrogens with zero attached hydrogens (tertiary/aromatic N) is 2. The SMILES string of the molecule is CN1CCCC(CNc2cccc(C(N)=S)n2)C1. The van der Waals surface area contributed by atoms with Crippen LogP contribution in [0.4, 0.5) is 5.82 Å². The Bertz CT molecular complexity index is 421. The molecule has 2 heterocycles. The second-order valence-electron chi connectivity index (χ2n) is 4.92. The number of hydrogen-bond acceptors (Lipinski definition) is 4. The molecular formula is C13H20N4S. The number of aromatic nitrogens is 1. The Labute approximate surface area is 114 Å². The summed E-state index contributed by atoms with van der Waals surface area (Å²) in [4.78, 5) is 7.11. The summed E-state index contributed by atoms with van der Waals surface area (Å²) in [5.74, 6) is 1.55. The molecule has 0 aromatic carbocycles. The number of nitrogens with one attached hydrogen (secondary N) is 1. The molecule has 1 atom stereocenters. The first kappa shape index (κ1) is 13.2. The Hall–Kier alpha value is -1.20. The molecule has 18 heavy (non-hydrogen) atoms. The van der Waals surface area contributed by atoms with E-state index < -0.39 is 0 Å². The normalized spacial score (nSPS) is 20.6. The molecule has 1 fully saturated rings. The van der Waals surface area contributed by atoms with Crippen LogP contribution in [0.2, 0.25) is 0 Å². The Balaban J connectivity index is 1.89. The first-order valence-corrected chi connectivity index (χ1v) is 6.75. The van der Waals surface area contributed by atoms with Gasteiger partial charge in [-0.25, -0.2) is 4.98 Å². The minimum absolute atomic E-state index is 0.344. The molecule has 1 unspecified atom stereocenters. The molecule has 3 N–H and O–H groups in total. The average Bonchev–Trinajstić information content (AvgIpc) is 2.37. The first-order valence-electron chi connectivity index (χ1n) is 6.34. The van der Waals surface area contributed by atoms with E-state index in [1.165, 1.54) is 19.4 Å². The fourth-order valence-electron chi connectivity index (χ4n) is 2.36. The zero-order valence-electron chi connectivity index (χ0n) is 10.7. The highest BCUT2D eigenvalue weighted by atomic mass is 32.1. The summed E-state index contributed by atoms with van der Waals surface area (Å²) in [6.45, 7) is 3.33. The highest BCUT2D eigenvalue weighted by Crippen LogP contribution is 2.15. The van der Waals surface area contributed by atoms with Crippen molar-refractivity contribution in [1.29, 1.82) is 0 Å². The Kier molecular flexibility index (Phi) is 4.49. The van der Waals surface area contributed by atoms with Crippen molar-refractivity contribution in [2.45, 2.75) is 12.8 Å². The third-order valence-corrected chi connectivity index (χ3v) is 3.50. The maximum Gasteiger partial charge on any atom is 0.126 e. The summed E-state index contributed by atoms with van der Waals surface area (Å²) in [5, 5.41) is 3.38. The number of thiocarbonyl (C=S) groups is 1. The summed E-state index contributed by atoms with van der Waals surface area (Å²) >= 11 is 4.93. The van der Waals surface area contributed by atoms with Crippen LogP contribution in [0.3, 0.4) is 0 Å². The minimum Gasteiger partial charge on any atom is -0.388 e. The maximum atomic E-state index is 5.57. The number of pyridine rings is 1. The van der Waals surface area contributed by atoms with E-state index in [4.69, 9.17) is 18.0 Å². The molecule has 1 saturated heterocycles. The number of rotatable bonds is 4.